The normalized spacial score (nSPS) is 61.0. The number of hydrogen-bond donors (Lipinski definition) is 0. The van der Waals surface area contributed by atoms with Crippen molar-refractivity contribution in [2.75, 3.05) is 13.2 Å². The monoisotopic (exact) mass is 300 g/mol. The maximum Gasteiger partial charge on any atom is 0.178 e. The predicted molar refractivity (Wildman–Crippen MR) is 59.6 cm³/mol. The van der Waals surface area contributed by atoms with Gasteiger partial charge in [-0.25, -0.2) is 0 Å². The van der Waals surface area contributed by atoms with Crippen LogP contribution in [-0.2, 0) is 19.0 Å². The molecule has 92 valence electrons. The van der Waals surface area contributed by atoms with E-state index in [0.29, 0.717) is 31.3 Å². The van der Waals surface area contributed by atoms with E-state index in [1.807, 2.05) is 0 Å². The Balaban J connectivity index is 1.72. The molecule has 0 aromatic rings. The fourth-order valence-electron chi connectivity index (χ4n) is 5.15. The molecule has 5 rings (SSSR count). The Kier molecular flexibility index (Phi) is 1.62. The van der Waals surface area contributed by atoms with Crippen molar-refractivity contribution in [2.24, 2.45) is 23.7 Å². The van der Waals surface area contributed by atoms with Crippen LogP contribution in [0.25, 0.3) is 0 Å². The van der Waals surface area contributed by atoms with E-state index in [1.54, 1.807) is 0 Å². The Labute approximate surface area is 107 Å². The zero-order chi connectivity index (χ0) is 11.4. The third kappa shape index (κ3) is 0.847. The molecule has 3 saturated carbocycles. The van der Waals surface area contributed by atoms with Crippen LogP contribution in [0.3, 0.4) is 0 Å². The molecule has 1 spiro atoms. The number of rotatable bonds is 0. The van der Waals surface area contributed by atoms with Gasteiger partial charge in [-0.1, -0.05) is 15.9 Å². The Bertz CT molecular complexity index is 419. The number of alkyl halides is 1. The van der Waals surface area contributed by atoms with E-state index in [4.69, 9.17) is 14.2 Å². The van der Waals surface area contributed by atoms with Crippen molar-refractivity contribution in [2.45, 2.75) is 29.2 Å². The van der Waals surface area contributed by atoms with Crippen LogP contribution < -0.4 is 0 Å². The molecule has 0 radical (unpaired) electrons. The largest absolute Gasteiger partial charge is 0.373 e. The van der Waals surface area contributed by atoms with E-state index in [-0.39, 0.29) is 34.8 Å². The quantitative estimate of drug-likeness (QED) is 0.619. The Morgan fingerprint density at radius 2 is 2.00 bits per heavy atom. The average molecular weight is 301 g/mol. The maximum absolute atomic E-state index is 12.2. The molecule has 4 nitrogen and oxygen atoms in total. The number of halogens is 1. The van der Waals surface area contributed by atoms with Crippen LogP contribution in [-0.4, -0.2) is 41.8 Å². The van der Waals surface area contributed by atoms with Gasteiger partial charge in [0.1, 0.15) is 5.78 Å². The number of fused-ring (bicyclic) bond motifs is 1. The summed E-state index contributed by atoms with van der Waals surface area (Å²) in [4.78, 5) is 12.4. The fourth-order valence-corrected chi connectivity index (χ4v) is 6.30. The minimum Gasteiger partial charge on any atom is -0.373 e. The van der Waals surface area contributed by atoms with Crippen LogP contribution >= 0.6 is 15.9 Å². The van der Waals surface area contributed by atoms with E-state index in [0.717, 1.165) is 0 Å². The zero-order valence-electron chi connectivity index (χ0n) is 9.17. The Morgan fingerprint density at radius 1 is 1.24 bits per heavy atom. The van der Waals surface area contributed by atoms with Crippen molar-refractivity contribution in [1.29, 1.82) is 0 Å². The lowest BCUT2D eigenvalue weighted by Crippen LogP contribution is -2.40. The molecule has 0 aromatic heterocycles. The number of ether oxygens (including phenoxy) is 3. The number of carbonyl (C=O) groups excluding carboxylic acids is 1. The zero-order valence-corrected chi connectivity index (χ0v) is 10.8. The minimum atomic E-state index is -0.515. The van der Waals surface area contributed by atoms with Crippen molar-refractivity contribution in [3.05, 3.63) is 0 Å². The van der Waals surface area contributed by atoms with Gasteiger partial charge in [-0.2, -0.15) is 0 Å². The second-order valence-electron chi connectivity index (χ2n) is 5.83. The molecule has 0 N–H and O–H groups in total. The van der Waals surface area contributed by atoms with E-state index in [1.165, 1.54) is 0 Å². The van der Waals surface area contributed by atoms with Crippen LogP contribution in [0.15, 0.2) is 0 Å². The third-order valence-corrected chi connectivity index (χ3v) is 6.52. The summed E-state index contributed by atoms with van der Waals surface area (Å²) in [6.45, 7) is 1.30. The highest BCUT2D eigenvalue weighted by Crippen LogP contribution is 2.71. The Morgan fingerprint density at radius 3 is 2.76 bits per heavy atom. The molecule has 2 aliphatic heterocycles. The summed E-state index contributed by atoms with van der Waals surface area (Å²) in [5, 5.41) is 0. The van der Waals surface area contributed by atoms with E-state index in [2.05, 4.69) is 15.9 Å². The first kappa shape index (κ1) is 9.89. The fraction of sp³-hybridized carbons (Fsp3) is 0.917. The van der Waals surface area contributed by atoms with E-state index in [9.17, 15) is 4.79 Å². The summed E-state index contributed by atoms with van der Waals surface area (Å²) in [6.07, 6.45) is 0.909. The molecule has 17 heavy (non-hydrogen) atoms. The van der Waals surface area contributed by atoms with Gasteiger partial charge in [0, 0.05) is 34.9 Å². The van der Waals surface area contributed by atoms with E-state index < -0.39 is 5.79 Å². The predicted octanol–water partition coefficient (Wildman–Crippen LogP) is 0.725. The van der Waals surface area contributed by atoms with Gasteiger partial charge in [0.25, 0.3) is 0 Å². The molecule has 7 atom stereocenters. The topological polar surface area (TPSA) is 44.8 Å². The van der Waals surface area contributed by atoms with Gasteiger partial charge in [-0.3, -0.25) is 4.79 Å². The lowest BCUT2D eigenvalue weighted by atomic mass is 9.81. The van der Waals surface area contributed by atoms with Crippen molar-refractivity contribution >= 4 is 21.7 Å². The van der Waals surface area contributed by atoms with Crippen LogP contribution in [0.4, 0.5) is 0 Å². The van der Waals surface area contributed by atoms with Crippen LogP contribution in [0.1, 0.15) is 6.42 Å². The third-order valence-electron chi connectivity index (χ3n) is 5.43. The lowest BCUT2D eigenvalue weighted by Gasteiger charge is -2.29. The maximum atomic E-state index is 12.2. The highest BCUT2D eigenvalue weighted by molar-refractivity contribution is 9.09. The van der Waals surface area contributed by atoms with Gasteiger partial charge in [0.15, 0.2) is 5.79 Å². The Hall–Kier alpha value is 0.0300. The highest BCUT2D eigenvalue weighted by atomic mass is 79.9. The second-order valence-corrected chi connectivity index (χ2v) is 6.88. The number of Topliss-reactive ketones (excluding diaryl/α,β-unsaturated/α-hetero) is 1. The molecule has 0 aromatic carbocycles. The van der Waals surface area contributed by atoms with Gasteiger partial charge in [-0.05, 0) is 0 Å². The number of ketones is 1. The average Bonchev–Trinajstić information content (AvgIpc) is 3.00. The molecule has 5 fully saturated rings. The molecular formula is C12H13BrO4. The number of hydrogen-bond acceptors (Lipinski definition) is 4. The number of carbonyl (C=O) groups is 1. The van der Waals surface area contributed by atoms with Gasteiger partial charge < -0.3 is 14.2 Å². The molecular weight excluding hydrogens is 288 g/mol. The van der Waals surface area contributed by atoms with Gasteiger partial charge >= 0.3 is 0 Å². The van der Waals surface area contributed by atoms with Crippen molar-refractivity contribution in [3.8, 4) is 0 Å². The van der Waals surface area contributed by atoms with Crippen LogP contribution in [0.2, 0.25) is 0 Å². The first-order chi connectivity index (χ1) is 8.24. The second kappa shape index (κ2) is 2.79. The van der Waals surface area contributed by atoms with Gasteiger partial charge in [0.05, 0.1) is 25.4 Å². The van der Waals surface area contributed by atoms with Crippen LogP contribution in [0.5, 0.6) is 0 Å². The molecule has 2 saturated heterocycles. The van der Waals surface area contributed by atoms with Crippen molar-refractivity contribution < 1.29 is 19.0 Å². The van der Waals surface area contributed by atoms with E-state index >= 15 is 0 Å². The summed E-state index contributed by atoms with van der Waals surface area (Å²) in [5.41, 5.74) is 0. The smallest absolute Gasteiger partial charge is 0.178 e. The summed E-state index contributed by atoms with van der Waals surface area (Å²) in [5.74, 6) is 0.717. The highest BCUT2D eigenvalue weighted by Gasteiger charge is 2.81. The summed E-state index contributed by atoms with van der Waals surface area (Å²) < 4.78 is 18.0. The first-order valence-electron chi connectivity index (χ1n) is 6.34. The van der Waals surface area contributed by atoms with Gasteiger partial charge in [-0.15, -0.1) is 0 Å². The molecule has 2 heterocycles. The first-order valence-corrected chi connectivity index (χ1v) is 7.26. The van der Waals surface area contributed by atoms with Crippen molar-refractivity contribution in [1.82, 2.24) is 0 Å². The van der Waals surface area contributed by atoms with Crippen molar-refractivity contribution in [3.63, 3.8) is 0 Å². The van der Waals surface area contributed by atoms with Gasteiger partial charge in [0.2, 0.25) is 0 Å². The molecule has 0 unspecified atom stereocenters. The summed E-state index contributed by atoms with van der Waals surface area (Å²) >= 11 is 3.73. The molecule has 3 aliphatic carbocycles. The summed E-state index contributed by atoms with van der Waals surface area (Å²) in [7, 11) is 0. The molecule has 2 bridgehead atoms. The lowest BCUT2D eigenvalue weighted by molar-refractivity contribution is -0.195. The molecule has 5 aliphatic rings. The SMILES string of the molecule is O=C1C[C@@H]2O[C@@H]3[C@@H](Br)[C@@H]4[C@H]1[C@H]2[C@H]3C41OCCO1. The standard InChI is InChI=1S/C12H13BrO4/c13-10-8-6-4(14)3-5-7(6)9(11(10)17-5)12(8)15-1-2-16-12/h5-11H,1-3H2/t5-,6+,7-,8-,9+,10-,11-/m0/s1. The molecule has 0 amide bonds. The summed E-state index contributed by atoms with van der Waals surface area (Å²) in [6, 6.07) is 0. The van der Waals surface area contributed by atoms with Crippen LogP contribution in [0, 0.1) is 23.7 Å². The molecule has 5 heteroatoms. The minimum absolute atomic E-state index is 0.103.